The first kappa shape index (κ1) is 29.5. The van der Waals surface area contributed by atoms with Gasteiger partial charge in [0, 0.05) is 37.0 Å². The number of nitrogens with zero attached hydrogens (tertiary/aromatic N) is 4. The quantitative estimate of drug-likeness (QED) is 0.500. The van der Waals surface area contributed by atoms with Gasteiger partial charge in [0.2, 0.25) is 5.91 Å². The van der Waals surface area contributed by atoms with Crippen molar-refractivity contribution in [2.75, 3.05) is 39.8 Å². The average Bonchev–Trinajstić information content (AvgIpc) is 3.42. The van der Waals surface area contributed by atoms with Crippen molar-refractivity contribution in [3.05, 3.63) is 48.0 Å². The third-order valence-electron chi connectivity index (χ3n) is 11.1. The largest absolute Gasteiger partial charge is 0.348 e. The lowest BCUT2D eigenvalue weighted by molar-refractivity contribution is -0.157. The van der Waals surface area contributed by atoms with E-state index in [0.717, 1.165) is 38.6 Å². The maximum Gasteiger partial charge on any atom is 0.246 e. The molecule has 7 unspecified atom stereocenters. The van der Waals surface area contributed by atoms with Crippen molar-refractivity contribution < 1.29 is 14.3 Å². The molecule has 1 aromatic carbocycles. The minimum atomic E-state index is -0.446. The van der Waals surface area contributed by atoms with Gasteiger partial charge in [0.25, 0.3) is 0 Å². The Balaban J connectivity index is 1.26. The number of nitriles is 1. The molecular weight excluding hydrogens is 528 g/mol. The number of carbonyl (C=O) groups is 2. The fourth-order valence-corrected chi connectivity index (χ4v) is 8.57. The fourth-order valence-electron chi connectivity index (χ4n) is 8.57. The number of fused-ring (bicyclic) bond motifs is 2. The van der Waals surface area contributed by atoms with Crippen molar-refractivity contribution in [3.63, 3.8) is 0 Å². The minimum absolute atomic E-state index is 0.0749. The van der Waals surface area contributed by atoms with E-state index in [1.165, 1.54) is 23.6 Å². The van der Waals surface area contributed by atoms with Crippen molar-refractivity contribution >= 4 is 11.7 Å². The molecule has 226 valence electrons. The number of hydrogen-bond donors (Lipinski definition) is 2. The number of benzene rings is 1. The fraction of sp³-hybridized carbons (Fsp3) is 0.667. The third-order valence-corrected chi connectivity index (χ3v) is 11.1. The second-order valence-electron chi connectivity index (χ2n) is 13.3. The van der Waals surface area contributed by atoms with Gasteiger partial charge in [-0.2, -0.15) is 5.26 Å². The standard InChI is InChI=1S/C33H46N6O3/c1-4-28(40)39-17-16-38(20-25(39)12-14-34)31-27-11-13-33(19-24-9-6-5-8-23(24)18-22(33)2)30(41)29(27)35-32(36-31)42-21-26-10-7-15-37(26)3/h4-6,8-9,22,25-27,29,31-32,35-36H,1,7,10-13,15-21H2,2-3H3/t22?,25?,26?,27?,29?,31?,32?,33-/m1/s1. The molecule has 1 spiro atoms. The molecule has 9 heteroatoms. The number of likely N-dealkylation sites (N-methyl/N-ethyl adjacent to an activating group) is 1. The Kier molecular flexibility index (Phi) is 8.54. The number of carbonyl (C=O) groups excluding carboxylic acids is 2. The summed E-state index contributed by atoms with van der Waals surface area (Å²) in [7, 11) is 2.15. The van der Waals surface area contributed by atoms with Crippen LogP contribution in [0.3, 0.4) is 0 Å². The van der Waals surface area contributed by atoms with E-state index in [9.17, 15) is 14.9 Å². The van der Waals surface area contributed by atoms with Crippen molar-refractivity contribution in [2.24, 2.45) is 17.3 Å². The molecule has 2 aliphatic carbocycles. The second-order valence-corrected chi connectivity index (χ2v) is 13.3. The summed E-state index contributed by atoms with van der Waals surface area (Å²) in [6.45, 7) is 9.40. The molecule has 9 nitrogen and oxygen atoms in total. The number of ether oxygens (including phenoxy) is 1. The van der Waals surface area contributed by atoms with Crippen molar-refractivity contribution in [1.82, 2.24) is 25.3 Å². The summed E-state index contributed by atoms with van der Waals surface area (Å²) in [5, 5.41) is 16.9. The van der Waals surface area contributed by atoms with Gasteiger partial charge in [-0.1, -0.05) is 37.8 Å². The molecule has 5 aliphatic rings. The van der Waals surface area contributed by atoms with E-state index in [-0.39, 0.29) is 47.8 Å². The van der Waals surface area contributed by atoms with Crippen LogP contribution in [0.5, 0.6) is 0 Å². The van der Waals surface area contributed by atoms with Gasteiger partial charge in [-0.25, -0.2) is 0 Å². The van der Waals surface area contributed by atoms with Gasteiger partial charge in [-0.05, 0) is 75.2 Å². The summed E-state index contributed by atoms with van der Waals surface area (Å²) in [5.74, 6) is 0.545. The first-order chi connectivity index (χ1) is 20.3. The molecule has 0 aromatic heterocycles. The van der Waals surface area contributed by atoms with Crippen LogP contribution in [0.2, 0.25) is 0 Å². The summed E-state index contributed by atoms with van der Waals surface area (Å²) in [5.41, 5.74) is 2.31. The molecule has 6 rings (SSSR count). The molecule has 2 N–H and O–H groups in total. The Morgan fingerprint density at radius 1 is 1.19 bits per heavy atom. The topological polar surface area (TPSA) is 101 Å². The van der Waals surface area contributed by atoms with E-state index in [0.29, 0.717) is 38.1 Å². The molecule has 1 saturated carbocycles. The zero-order valence-electron chi connectivity index (χ0n) is 25.1. The van der Waals surface area contributed by atoms with Gasteiger partial charge < -0.3 is 14.5 Å². The van der Waals surface area contributed by atoms with Crippen molar-refractivity contribution in [3.8, 4) is 6.07 Å². The number of ketones is 1. The molecule has 0 radical (unpaired) electrons. The third kappa shape index (κ3) is 5.33. The highest BCUT2D eigenvalue weighted by molar-refractivity contribution is 5.92. The highest BCUT2D eigenvalue weighted by atomic mass is 16.5. The minimum Gasteiger partial charge on any atom is -0.348 e. The SMILES string of the molecule is C=CC(=O)N1CCN(C2NC(OCC3CCCN3C)NC3C(=O)[C@]4(CCC32)Cc2ccccc2CC4C)CC1CC#N. The van der Waals surface area contributed by atoms with Crippen LogP contribution < -0.4 is 10.6 Å². The smallest absolute Gasteiger partial charge is 0.246 e. The average molecular weight is 575 g/mol. The summed E-state index contributed by atoms with van der Waals surface area (Å²) >= 11 is 0. The van der Waals surface area contributed by atoms with E-state index in [1.54, 1.807) is 4.90 Å². The predicted molar refractivity (Wildman–Crippen MR) is 160 cm³/mol. The van der Waals surface area contributed by atoms with Gasteiger partial charge in [0.05, 0.1) is 37.3 Å². The number of hydrogen-bond acceptors (Lipinski definition) is 8. The predicted octanol–water partition coefficient (Wildman–Crippen LogP) is 2.28. The first-order valence-electron chi connectivity index (χ1n) is 15.8. The van der Waals surface area contributed by atoms with Crippen molar-refractivity contribution in [2.45, 2.75) is 82.5 Å². The lowest BCUT2D eigenvalue weighted by Crippen LogP contribution is -2.75. The van der Waals surface area contributed by atoms with Gasteiger partial charge in [-0.15, -0.1) is 0 Å². The number of amides is 1. The Morgan fingerprint density at radius 3 is 2.74 bits per heavy atom. The maximum atomic E-state index is 14.7. The van der Waals surface area contributed by atoms with E-state index in [2.05, 4.69) is 71.3 Å². The highest BCUT2D eigenvalue weighted by Crippen LogP contribution is 2.50. The van der Waals surface area contributed by atoms with Crippen LogP contribution in [-0.2, 0) is 27.2 Å². The number of likely N-dealkylation sites (tertiary alicyclic amines) is 1. The molecule has 8 atom stereocenters. The first-order valence-corrected chi connectivity index (χ1v) is 15.8. The molecule has 42 heavy (non-hydrogen) atoms. The maximum absolute atomic E-state index is 14.7. The lowest BCUT2D eigenvalue weighted by Gasteiger charge is -2.56. The summed E-state index contributed by atoms with van der Waals surface area (Å²) in [6, 6.07) is 10.7. The van der Waals surface area contributed by atoms with Gasteiger partial charge in [0.1, 0.15) is 0 Å². The van der Waals surface area contributed by atoms with Crippen LogP contribution in [0.15, 0.2) is 36.9 Å². The van der Waals surface area contributed by atoms with E-state index in [1.807, 2.05) is 0 Å². The number of Topliss-reactive ketones (excluding diaryl/α,β-unsaturated/α-hetero) is 1. The van der Waals surface area contributed by atoms with Crippen molar-refractivity contribution in [1.29, 1.82) is 5.26 Å². The van der Waals surface area contributed by atoms with E-state index < -0.39 is 6.35 Å². The highest BCUT2D eigenvalue weighted by Gasteiger charge is 2.57. The van der Waals surface area contributed by atoms with Gasteiger partial charge in [0.15, 0.2) is 12.1 Å². The molecule has 1 aromatic rings. The van der Waals surface area contributed by atoms with Gasteiger partial charge in [-0.3, -0.25) is 25.1 Å². The summed E-state index contributed by atoms with van der Waals surface area (Å²) < 4.78 is 6.49. The number of rotatable bonds is 6. The molecule has 3 saturated heterocycles. The molecule has 3 aliphatic heterocycles. The molecule has 0 bridgehead atoms. The van der Waals surface area contributed by atoms with Crippen LogP contribution in [0, 0.1) is 28.6 Å². The Bertz CT molecular complexity index is 1230. The monoisotopic (exact) mass is 574 g/mol. The summed E-state index contributed by atoms with van der Waals surface area (Å²) in [4.78, 5) is 33.8. The number of piperazine rings is 1. The number of nitrogens with one attached hydrogen (secondary N) is 2. The normalized spacial score (nSPS) is 37.2. The zero-order valence-corrected chi connectivity index (χ0v) is 25.1. The Morgan fingerprint density at radius 2 is 2.00 bits per heavy atom. The second kappa shape index (κ2) is 12.2. The zero-order chi connectivity index (χ0) is 29.4. The molecule has 1 amide bonds. The molecule has 3 heterocycles. The van der Waals surface area contributed by atoms with Crippen LogP contribution in [0.25, 0.3) is 0 Å². The molecule has 4 fully saturated rings. The Labute approximate surface area is 250 Å². The Hall–Kier alpha value is -2.61. The van der Waals surface area contributed by atoms with Crippen LogP contribution in [0.4, 0.5) is 0 Å². The lowest BCUT2D eigenvalue weighted by atomic mass is 9.55. The van der Waals surface area contributed by atoms with Crippen LogP contribution in [0.1, 0.15) is 50.2 Å². The van der Waals surface area contributed by atoms with E-state index >= 15 is 0 Å². The van der Waals surface area contributed by atoms with E-state index in [4.69, 9.17) is 4.74 Å². The van der Waals surface area contributed by atoms with Crippen LogP contribution >= 0.6 is 0 Å². The van der Waals surface area contributed by atoms with Crippen LogP contribution in [-0.4, -0.2) is 96.9 Å². The summed E-state index contributed by atoms with van der Waals surface area (Å²) in [6.07, 6.45) is 6.91. The molecular formula is C33H46N6O3. The van der Waals surface area contributed by atoms with Gasteiger partial charge >= 0.3 is 0 Å².